The third-order valence-electron chi connectivity index (χ3n) is 6.11. The lowest BCUT2D eigenvalue weighted by atomic mass is 9.79. The van der Waals surface area contributed by atoms with Crippen LogP contribution in [-0.4, -0.2) is 49.0 Å². The van der Waals surface area contributed by atoms with Crippen molar-refractivity contribution in [1.29, 1.82) is 0 Å². The van der Waals surface area contributed by atoms with E-state index in [0.29, 0.717) is 18.1 Å². The molecule has 150 valence electrons. The molecule has 2 aliphatic heterocycles. The van der Waals surface area contributed by atoms with Gasteiger partial charge in [0.05, 0.1) is 0 Å². The summed E-state index contributed by atoms with van der Waals surface area (Å²) in [5.41, 5.74) is 2.91. The molecule has 2 aliphatic rings. The van der Waals surface area contributed by atoms with Crippen LogP contribution >= 0.6 is 0 Å². The van der Waals surface area contributed by atoms with Crippen LogP contribution in [0, 0.1) is 12.3 Å². The van der Waals surface area contributed by atoms with Gasteiger partial charge in [-0.25, -0.2) is 0 Å². The Morgan fingerprint density at radius 3 is 2.89 bits per heavy atom. The number of rotatable bonds is 5. The van der Waals surface area contributed by atoms with E-state index in [0.717, 1.165) is 39.1 Å². The number of methoxy groups -OCH3 is 1. The topological polar surface area (TPSA) is 45.9 Å². The van der Waals surface area contributed by atoms with Gasteiger partial charge in [0, 0.05) is 38.7 Å². The van der Waals surface area contributed by atoms with E-state index in [-0.39, 0.29) is 11.3 Å². The average molecular weight is 383 g/mol. The van der Waals surface area contributed by atoms with Crippen LogP contribution in [0.3, 0.4) is 0 Å². The van der Waals surface area contributed by atoms with Gasteiger partial charge in [-0.15, -0.1) is 0 Å². The van der Waals surface area contributed by atoms with Crippen molar-refractivity contribution < 1.29 is 13.9 Å². The van der Waals surface area contributed by atoms with Crippen LogP contribution in [0.4, 0.5) is 0 Å². The Hall–Kier alpha value is -2.11. The van der Waals surface area contributed by atoms with E-state index in [1.54, 1.807) is 13.2 Å². The molecule has 0 saturated carbocycles. The first-order valence-corrected chi connectivity index (χ1v) is 10.2. The summed E-state index contributed by atoms with van der Waals surface area (Å²) in [6.07, 6.45) is 3.48. The second-order valence-electron chi connectivity index (χ2n) is 8.48. The van der Waals surface area contributed by atoms with Gasteiger partial charge < -0.3 is 14.1 Å². The summed E-state index contributed by atoms with van der Waals surface area (Å²) in [7, 11) is 1.62. The van der Waals surface area contributed by atoms with Gasteiger partial charge in [-0.3, -0.25) is 9.69 Å². The molecule has 1 amide bonds. The van der Waals surface area contributed by atoms with Crippen LogP contribution in [-0.2, 0) is 17.9 Å². The fourth-order valence-electron chi connectivity index (χ4n) is 4.82. The number of hydrogen-bond donors (Lipinski definition) is 0. The summed E-state index contributed by atoms with van der Waals surface area (Å²) in [6.45, 7) is 7.39. The zero-order chi connectivity index (χ0) is 19.6. The van der Waals surface area contributed by atoms with E-state index in [2.05, 4.69) is 36.1 Å². The molecule has 0 bridgehead atoms. The molecule has 2 aromatic rings. The van der Waals surface area contributed by atoms with E-state index in [9.17, 15) is 4.79 Å². The number of carbonyl (C=O) groups is 1. The highest BCUT2D eigenvalue weighted by molar-refractivity contribution is 5.91. The quantitative estimate of drug-likeness (QED) is 0.788. The minimum atomic E-state index is 0.00929. The lowest BCUT2D eigenvalue weighted by Crippen LogP contribution is -2.45. The third kappa shape index (κ3) is 4.15. The number of likely N-dealkylation sites (tertiary alicyclic amines) is 2. The maximum atomic E-state index is 12.9. The Kier molecular flexibility index (Phi) is 5.56. The molecule has 28 heavy (non-hydrogen) atoms. The van der Waals surface area contributed by atoms with E-state index in [1.807, 2.05) is 11.0 Å². The zero-order valence-electron chi connectivity index (χ0n) is 16.9. The standard InChI is InChI=1S/C23H30N2O3/c1-18-5-3-6-19(13-18)14-24-11-4-9-23(16-24)10-12-25(17-23)22(26)21-8-7-20(28-21)15-27-2/h3,5-8,13H,4,9-12,14-17H2,1-2H3. The SMILES string of the molecule is COCc1ccc(C(=O)N2CCC3(CCCN(Cc4cccc(C)c4)C3)C2)o1. The van der Waals surface area contributed by atoms with Gasteiger partial charge in [0.2, 0.25) is 0 Å². The van der Waals surface area contributed by atoms with Crippen molar-refractivity contribution in [2.24, 2.45) is 5.41 Å². The molecule has 1 unspecified atom stereocenters. The van der Waals surface area contributed by atoms with Crippen LogP contribution in [0.5, 0.6) is 0 Å². The molecule has 2 fully saturated rings. The largest absolute Gasteiger partial charge is 0.453 e. The molecular weight excluding hydrogens is 352 g/mol. The Bertz CT molecular complexity index is 831. The van der Waals surface area contributed by atoms with Crippen molar-refractivity contribution in [1.82, 2.24) is 9.80 Å². The lowest BCUT2D eigenvalue weighted by Gasteiger charge is -2.40. The highest BCUT2D eigenvalue weighted by Crippen LogP contribution is 2.40. The normalized spacial score (nSPS) is 22.9. The van der Waals surface area contributed by atoms with Crippen LogP contribution in [0.15, 0.2) is 40.8 Å². The third-order valence-corrected chi connectivity index (χ3v) is 6.11. The van der Waals surface area contributed by atoms with E-state index in [4.69, 9.17) is 9.15 Å². The fraction of sp³-hybridized carbons (Fsp3) is 0.522. The van der Waals surface area contributed by atoms with Crippen molar-refractivity contribution in [2.45, 2.75) is 39.3 Å². The number of piperidine rings is 1. The molecule has 2 saturated heterocycles. The van der Waals surface area contributed by atoms with Gasteiger partial charge in [-0.05, 0) is 50.4 Å². The summed E-state index contributed by atoms with van der Waals surface area (Å²) in [5, 5.41) is 0. The second kappa shape index (κ2) is 8.10. The van der Waals surface area contributed by atoms with Crippen molar-refractivity contribution in [2.75, 3.05) is 33.3 Å². The zero-order valence-corrected chi connectivity index (χ0v) is 16.9. The summed E-state index contributed by atoms with van der Waals surface area (Å²) in [6, 6.07) is 12.4. The summed E-state index contributed by atoms with van der Waals surface area (Å²) < 4.78 is 10.7. The number of hydrogen-bond acceptors (Lipinski definition) is 4. The Morgan fingerprint density at radius 1 is 1.18 bits per heavy atom. The molecule has 5 heteroatoms. The maximum Gasteiger partial charge on any atom is 0.289 e. The molecular formula is C23H30N2O3. The molecule has 0 N–H and O–H groups in total. The number of benzene rings is 1. The van der Waals surface area contributed by atoms with Gasteiger partial charge in [0.1, 0.15) is 12.4 Å². The van der Waals surface area contributed by atoms with Crippen molar-refractivity contribution in [3.8, 4) is 0 Å². The second-order valence-corrected chi connectivity index (χ2v) is 8.48. The smallest absolute Gasteiger partial charge is 0.289 e. The van der Waals surface area contributed by atoms with E-state index >= 15 is 0 Å². The predicted octanol–water partition coefficient (Wildman–Crippen LogP) is 3.86. The fourth-order valence-corrected chi connectivity index (χ4v) is 4.82. The molecule has 1 spiro atoms. The number of aryl methyl sites for hydroxylation is 1. The van der Waals surface area contributed by atoms with Crippen molar-refractivity contribution in [3.63, 3.8) is 0 Å². The average Bonchev–Trinajstić information content (AvgIpc) is 3.29. The molecule has 1 atom stereocenters. The molecule has 0 aliphatic carbocycles. The van der Waals surface area contributed by atoms with Gasteiger partial charge in [-0.2, -0.15) is 0 Å². The van der Waals surface area contributed by atoms with Crippen molar-refractivity contribution >= 4 is 5.91 Å². The highest BCUT2D eigenvalue weighted by atomic mass is 16.5. The summed E-state index contributed by atoms with van der Waals surface area (Å²) in [5.74, 6) is 1.13. The first-order valence-electron chi connectivity index (χ1n) is 10.2. The van der Waals surface area contributed by atoms with Crippen LogP contribution in [0.2, 0.25) is 0 Å². The molecule has 4 rings (SSSR count). The molecule has 0 radical (unpaired) electrons. The van der Waals surface area contributed by atoms with E-state index in [1.165, 1.54) is 24.0 Å². The van der Waals surface area contributed by atoms with E-state index < -0.39 is 0 Å². The summed E-state index contributed by atoms with van der Waals surface area (Å²) in [4.78, 5) is 17.4. The number of ether oxygens (including phenoxy) is 1. The van der Waals surface area contributed by atoms with Crippen LogP contribution in [0.25, 0.3) is 0 Å². The van der Waals surface area contributed by atoms with Gasteiger partial charge in [-0.1, -0.05) is 29.8 Å². The maximum absolute atomic E-state index is 12.9. The Balaban J connectivity index is 1.39. The van der Waals surface area contributed by atoms with Gasteiger partial charge in [0.25, 0.3) is 5.91 Å². The van der Waals surface area contributed by atoms with Crippen molar-refractivity contribution in [3.05, 3.63) is 59.0 Å². The Labute approximate surface area is 167 Å². The Morgan fingerprint density at radius 2 is 2.07 bits per heavy atom. The first kappa shape index (κ1) is 19.2. The lowest BCUT2D eigenvalue weighted by molar-refractivity contribution is 0.0646. The molecule has 1 aromatic carbocycles. The first-order chi connectivity index (χ1) is 13.6. The minimum absolute atomic E-state index is 0.00929. The highest BCUT2D eigenvalue weighted by Gasteiger charge is 2.43. The van der Waals surface area contributed by atoms with Gasteiger partial charge in [0.15, 0.2) is 5.76 Å². The van der Waals surface area contributed by atoms with Crippen LogP contribution < -0.4 is 0 Å². The van der Waals surface area contributed by atoms with Crippen LogP contribution in [0.1, 0.15) is 46.7 Å². The molecule has 1 aromatic heterocycles. The predicted molar refractivity (Wildman–Crippen MR) is 108 cm³/mol. The molecule has 3 heterocycles. The number of amides is 1. The minimum Gasteiger partial charge on any atom is -0.453 e. The number of furan rings is 1. The number of nitrogens with zero attached hydrogens (tertiary/aromatic N) is 2. The molecule has 5 nitrogen and oxygen atoms in total. The summed E-state index contributed by atoms with van der Waals surface area (Å²) >= 11 is 0. The monoisotopic (exact) mass is 382 g/mol. The van der Waals surface area contributed by atoms with Gasteiger partial charge >= 0.3 is 0 Å². The number of carbonyl (C=O) groups excluding carboxylic acids is 1.